The van der Waals surface area contributed by atoms with Crippen LogP contribution < -0.4 is 5.73 Å². The molecule has 9 heteroatoms. The Morgan fingerprint density at radius 3 is 2.58 bits per heavy atom. The molecule has 0 spiro atoms. The fourth-order valence-corrected chi connectivity index (χ4v) is 3.49. The van der Waals surface area contributed by atoms with Gasteiger partial charge in [0, 0.05) is 37.5 Å². The summed E-state index contributed by atoms with van der Waals surface area (Å²) >= 11 is 0. The van der Waals surface area contributed by atoms with Crippen molar-refractivity contribution in [2.24, 2.45) is 12.8 Å². The first-order valence-electron chi connectivity index (χ1n) is 9.90. The highest BCUT2D eigenvalue weighted by Crippen LogP contribution is 2.30. The maximum absolute atomic E-state index is 12.9. The molecule has 2 N–H and O–H groups in total. The Labute approximate surface area is 179 Å². The highest BCUT2D eigenvalue weighted by atomic mass is 16.2. The van der Waals surface area contributed by atoms with Crippen LogP contribution >= 0.6 is 0 Å². The van der Waals surface area contributed by atoms with Gasteiger partial charge in [-0.25, -0.2) is 9.50 Å². The number of hydrogen-bond donors (Lipinski definition) is 1. The fourth-order valence-electron chi connectivity index (χ4n) is 3.49. The van der Waals surface area contributed by atoms with Crippen LogP contribution in [0.4, 0.5) is 0 Å². The quantitative estimate of drug-likeness (QED) is 0.511. The SMILES string of the molecule is CN(C(=O)c1cnn(C)c1-c1ccn2nc(-c3ccccc3)nc2c1)C1CC1.NC=O. The topological polar surface area (TPSA) is 111 Å². The lowest BCUT2D eigenvalue weighted by Gasteiger charge is -2.16. The zero-order valence-electron chi connectivity index (χ0n) is 17.3. The minimum Gasteiger partial charge on any atom is -0.372 e. The third-order valence-electron chi connectivity index (χ3n) is 5.23. The van der Waals surface area contributed by atoms with Gasteiger partial charge < -0.3 is 10.6 Å². The van der Waals surface area contributed by atoms with Crippen LogP contribution in [0.2, 0.25) is 0 Å². The van der Waals surface area contributed by atoms with E-state index in [2.05, 4.69) is 20.9 Å². The number of nitrogens with two attached hydrogens (primary N) is 1. The molecule has 0 atom stereocenters. The molecule has 1 aromatic carbocycles. The summed E-state index contributed by atoms with van der Waals surface area (Å²) in [5.41, 5.74) is 8.17. The number of rotatable bonds is 4. The van der Waals surface area contributed by atoms with Crippen LogP contribution in [-0.4, -0.2) is 54.7 Å². The zero-order chi connectivity index (χ0) is 22.0. The molecule has 2 amide bonds. The molecular weight excluding hydrogens is 394 g/mol. The molecule has 0 bridgehead atoms. The standard InChI is InChI=1S/C21H20N6O.CH3NO/c1-25(16-8-9-16)21(28)17-13-22-26(2)19(17)15-10-11-27-18(12-15)23-20(24-27)14-6-4-3-5-7-14;2-1-3/h3-7,10-13,16H,8-9H2,1-2H3;1H,(H2,2,3). The van der Waals surface area contributed by atoms with Gasteiger partial charge in [-0.1, -0.05) is 30.3 Å². The summed E-state index contributed by atoms with van der Waals surface area (Å²) < 4.78 is 3.49. The first kappa shape index (κ1) is 20.3. The highest BCUT2D eigenvalue weighted by Gasteiger charge is 2.32. The second-order valence-corrected chi connectivity index (χ2v) is 7.33. The van der Waals surface area contributed by atoms with Crippen molar-refractivity contribution in [1.82, 2.24) is 29.3 Å². The largest absolute Gasteiger partial charge is 0.372 e. The summed E-state index contributed by atoms with van der Waals surface area (Å²) in [6.07, 6.45) is 5.92. The van der Waals surface area contributed by atoms with Gasteiger partial charge in [0.1, 0.15) is 0 Å². The molecule has 5 rings (SSSR count). The van der Waals surface area contributed by atoms with Crippen molar-refractivity contribution < 1.29 is 9.59 Å². The highest BCUT2D eigenvalue weighted by molar-refractivity contribution is 6.00. The lowest BCUT2D eigenvalue weighted by Crippen LogP contribution is -2.28. The number of primary amides is 1. The van der Waals surface area contributed by atoms with E-state index in [9.17, 15) is 4.79 Å². The molecule has 1 aliphatic rings. The number of aromatic nitrogens is 5. The molecule has 0 saturated heterocycles. The van der Waals surface area contributed by atoms with Crippen molar-refractivity contribution in [2.45, 2.75) is 18.9 Å². The first-order valence-corrected chi connectivity index (χ1v) is 9.90. The predicted octanol–water partition coefficient (Wildman–Crippen LogP) is 2.13. The minimum absolute atomic E-state index is 0.0110. The molecule has 9 nitrogen and oxygen atoms in total. The third kappa shape index (κ3) is 4.02. The maximum Gasteiger partial charge on any atom is 0.257 e. The summed E-state index contributed by atoms with van der Waals surface area (Å²) in [5.74, 6) is 0.685. The molecule has 0 radical (unpaired) electrons. The van der Waals surface area contributed by atoms with Crippen LogP contribution in [0, 0.1) is 0 Å². The Balaban J connectivity index is 0.000000730. The van der Waals surface area contributed by atoms with E-state index < -0.39 is 0 Å². The van der Waals surface area contributed by atoms with Gasteiger partial charge in [-0.05, 0) is 25.0 Å². The summed E-state index contributed by atoms with van der Waals surface area (Å²) in [7, 11) is 3.72. The Kier molecular flexibility index (Phi) is 5.48. The zero-order valence-corrected chi connectivity index (χ0v) is 17.3. The molecule has 158 valence electrons. The average Bonchev–Trinajstić information content (AvgIpc) is 3.43. The Bertz CT molecular complexity index is 1230. The van der Waals surface area contributed by atoms with Crippen LogP contribution in [-0.2, 0) is 11.8 Å². The van der Waals surface area contributed by atoms with Crippen molar-refractivity contribution in [3.63, 3.8) is 0 Å². The van der Waals surface area contributed by atoms with Gasteiger partial charge in [0.2, 0.25) is 6.41 Å². The maximum atomic E-state index is 12.9. The van der Waals surface area contributed by atoms with Crippen molar-refractivity contribution in [1.29, 1.82) is 0 Å². The van der Waals surface area contributed by atoms with E-state index in [0.29, 0.717) is 17.4 Å². The van der Waals surface area contributed by atoms with Crippen molar-refractivity contribution in [3.8, 4) is 22.6 Å². The van der Waals surface area contributed by atoms with Gasteiger partial charge in [0.05, 0.1) is 17.5 Å². The number of hydrogen-bond acceptors (Lipinski definition) is 5. The number of benzene rings is 1. The lowest BCUT2D eigenvalue weighted by molar-refractivity contribution is -0.106. The van der Waals surface area contributed by atoms with Gasteiger partial charge in [0.25, 0.3) is 5.91 Å². The number of carbonyl (C=O) groups excluding carboxylic acids is 2. The van der Waals surface area contributed by atoms with Gasteiger partial charge in [0.15, 0.2) is 11.5 Å². The van der Waals surface area contributed by atoms with E-state index in [-0.39, 0.29) is 12.3 Å². The van der Waals surface area contributed by atoms with E-state index in [1.165, 1.54) is 0 Å². The van der Waals surface area contributed by atoms with Gasteiger partial charge in [-0.3, -0.25) is 14.3 Å². The number of fused-ring (bicyclic) bond motifs is 1. The fraction of sp³-hybridized carbons (Fsp3) is 0.227. The summed E-state index contributed by atoms with van der Waals surface area (Å²) in [4.78, 5) is 28.0. The van der Waals surface area contributed by atoms with Gasteiger partial charge in [-0.15, -0.1) is 5.10 Å². The Hall–Kier alpha value is -4.01. The average molecular weight is 417 g/mol. The van der Waals surface area contributed by atoms with Crippen LogP contribution in [0.15, 0.2) is 54.9 Å². The molecule has 3 aromatic heterocycles. The van der Waals surface area contributed by atoms with E-state index in [0.717, 1.165) is 35.3 Å². The van der Waals surface area contributed by atoms with Crippen molar-refractivity contribution in [2.75, 3.05) is 7.05 Å². The molecule has 3 heterocycles. The predicted molar refractivity (Wildman–Crippen MR) is 116 cm³/mol. The van der Waals surface area contributed by atoms with E-state index in [1.54, 1.807) is 15.4 Å². The van der Waals surface area contributed by atoms with E-state index >= 15 is 0 Å². The van der Waals surface area contributed by atoms with E-state index in [1.807, 2.05) is 67.7 Å². The minimum atomic E-state index is 0.0110. The molecule has 0 unspecified atom stereocenters. The smallest absolute Gasteiger partial charge is 0.257 e. The summed E-state index contributed by atoms with van der Waals surface area (Å²) in [6.45, 7) is 0. The molecule has 1 fully saturated rings. The second kappa shape index (κ2) is 8.39. The summed E-state index contributed by atoms with van der Waals surface area (Å²) in [5, 5.41) is 8.89. The molecule has 0 aliphatic heterocycles. The molecule has 1 aliphatic carbocycles. The normalized spacial score (nSPS) is 12.8. The number of amides is 2. The third-order valence-corrected chi connectivity index (χ3v) is 5.23. The van der Waals surface area contributed by atoms with Crippen molar-refractivity contribution >= 4 is 18.0 Å². The lowest BCUT2D eigenvalue weighted by atomic mass is 10.1. The Morgan fingerprint density at radius 1 is 1.19 bits per heavy atom. The summed E-state index contributed by atoms with van der Waals surface area (Å²) in [6, 6.07) is 14.1. The monoisotopic (exact) mass is 417 g/mol. The number of carbonyl (C=O) groups is 2. The van der Waals surface area contributed by atoms with Crippen molar-refractivity contribution in [3.05, 3.63) is 60.4 Å². The van der Waals surface area contributed by atoms with Crippen LogP contribution in [0.5, 0.6) is 0 Å². The molecular formula is C22H23N7O2. The van der Waals surface area contributed by atoms with Gasteiger partial charge in [-0.2, -0.15) is 5.10 Å². The second-order valence-electron chi connectivity index (χ2n) is 7.33. The number of aryl methyl sites for hydroxylation is 1. The van der Waals surface area contributed by atoms with E-state index in [4.69, 9.17) is 4.79 Å². The number of pyridine rings is 1. The van der Waals surface area contributed by atoms with Gasteiger partial charge >= 0.3 is 0 Å². The number of nitrogens with zero attached hydrogens (tertiary/aromatic N) is 6. The molecule has 1 saturated carbocycles. The van der Waals surface area contributed by atoms with Crippen LogP contribution in [0.1, 0.15) is 23.2 Å². The van der Waals surface area contributed by atoms with Crippen LogP contribution in [0.3, 0.4) is 0 Å². The Morgan fingerprint density at radius 2 is 1.90 bits per heavy atom. The van der Waals surface area contributed by atoms with Crippen LogP contribution in [0.25, 0.3) is 28.3 Å². The molecule has 31 heavy (non-hydrogen) atoms. The first-order chi connectivity index (χ1) is 15.0. The molecule has 4 aromatic rings.